The lowest BCUT2D eigenvalue weighted by Crippen LogP contribution is -2.43. The highest BCUT2D eigenvalue weighted by Crippen LogP contribution is 2.18. The van der Waals surface area contributed by atoms with Crippen LogP contribution in [0, 0.1) is 0 Å². The van der Waals surface area contributed by atoms with Crippen LogP contribution in [0.2, 0.25) is 0 Å². The van der Waals surface area contributed by atoms with Gasteiger partial charge in [0.15, 0.2) is 6.29 Å². The van der Waals surface area contributed by atoms with Gasteiger partial charge in [0.25, 0.3) is 5.91 Å². The van der Waals surface area contributed by atoms with Crippen LogP contribution in [0.25, 0.3) is 0 Å². The molecule has 14 nitrogen and oxygen atoms in total. The lowest BCUT2D eigenvalue weighted by atomic mass is 10.0. The van der Waals surface area contributed by atoms with Gasteiger partial charge in [-0.15, -0.1) is 0 Å². The SMILES string of the molecule is C[C@H](O)C(CO)O[C@H](OCCN(CCCCCC(=O)ON(C)C(=O)CCC=O)CCCC1OCCCC1O)C(O)CO. The van der Waals surface area contributed by atoms with Gasteiger partial charge in [0.2, 0.25) is 0 Å². The second kappa shape index (κ2) is 22.7. The van der Waals surface area contributed by atoms with Crippen molar-refractivity contribution in [2.75, 3.05) is 53.1 Å². The monoisotopic (exact) mass is 608 g/mol. The van der Waals surface area contributed by atoms with Crippen LogP contribution in [0.5, 0.6) is 0 Å². The van der Waals surface area contributed by atoms with Gasteiger partial charge < -0.3 is 54.3 Å². The highest BCUT2D eigenvalue weighted by atomic mass is 16.7. The fraction of sp³-hybridized carbons (Fsp3) is 0.893. The molecule has 246 valence electrons. The molecule has 0 bridgehead atoms. The quantitative estimate of drug-likeness (QED) is 0.0432. The molecule has 1 heterocycles. The van der Waals surface area contributed by atoms with Crippen molar-refractivity contribution >= 4 is 18.2 Å². The van der Waals surface area contributed by atoms with Gasteiger partial charge >= 0.3 is 5.97 Å². The van der Waals surface area contributed by atoms with Crippen LogP contribution in [-0.2, 0) is 33.4 Å². The normalized spacial score (nSPS) is 20.1. The molecule has 0 radical (unpaired) electrons. The number of hydrogen-bond acceptors (Lipinski definition) is 13. The van der Waals surface area contributed by atoms with E-state index < -0.39 is 55.8 Å². The molecule has 0 saturated carbocycles. The zero-order valence-electron chi connectivity index (χ0n) is 25.1. The first kappa shape index (κ1) is 38.3. The van der Waals surface area contributed by atoms with Crippen LogP contribution in [0.15, 0.2) is 0 Å². The summed E-state index contributed by atoms with van der Waals surface area (Å²) in [6.07, 6.45) is 0.614. The molecular formula is C28H52N2O12. The molecule has 0 aromatic carbocycles. The summed E-state index contributed by atoms with van der Waals surface area (Å²) in [6.45, 7) is 2.92. The molecule has 1 amide bonds. The predicted octanol–water partition coefficient (Wildman–Crippen LogP) is -0.481. The summed E-state index contributed by atoms with van der Waals surface area (Å²) in [6, 6.07) is 0. The molecular weight excluding hydrogens is 556 g/mol. The third kappa shape index (κ3) is 16.2. The number of aliphatic hydroxyl groups is 5. The van der Waals surface area contributed by atoms with E-state index in [2.05, 4.69) is 4.90 Å². The second-order valence-corrected chi connectivity index (χ2v) is 10.6. The molecule has 1 aliphatic heterocycles. The van der Waals surface area contributed by atoms with Crippen molar-refractivity contribution in [3.63, 3.8) is 0 Å². The smallest absolute Gasteiger partial charge is 0.332 e. The minimum absolute atomic E-state index is 0.0208. The van der Waals surface area contributed by atoms with Crippen LogP contribution in [0.4, 0.5) is 0 Å². The highest BCUT2D eigenvalue weighted by Gasteiger charge is 2.27. The summed E-state index contributed by atoms with van der Waals surface area (Å²) >= 11 is 0. The first-order valence-corrected chi connectivity index (χ1v) is 14.9. The van der Waals surface area contributed by atoms with Crippen molar-refractivity contribution in [1.29, 1.82) is 0 Å². The van der Waals surface area contributed by atoms with Crippen molar-refractivity contribution in [1.82, 2.24) is 9.96 Å². The Bertz CT molecular complexity index is 744. The number of hydrogen-bond donors (Lipinski definition) is 5. The van der Waals surface area contributed by atoms with Gasteiger partial charge in [-0.05, 0) is 58.5 Å². The molecule has 42 heavy (non-hydrogen) atoms. The maximum absolute atomic E-state index is 12.0. The third-order valence-corrected chi connectivity index (χ3v) is 7.01. The van der Waals surface area contributed by atoms with Gasteiger partial charge in [0.1, 0.15) is 18.5 Å². The number of unbranched alkanes of at least 4 members (excludes halogenated alkanes) is 2. The van der Waals surface area contributed by atoms with E-state index in [1.54, 1.807) is 0 Å². The van der Waals surface area contributed by atoms with Crippen molar-refractivity contribution in [2.24, 2.45) is 0 Å². The van der Waals surface area contributed by atoms with Gasteiger partial charge in [-0.25, -0.2) is 4.79 Å². The fourth-order valence-electron chi connectivity index (χ4n) is 4.43. The topological polar surface area (TPSA) is 196 Å². The standard InChI is InChI=1S/C28H52N2O12/c1-21(34)25(20-33)41-28(23(36)19-32)40-18-15-30(14-6-10-24-22(35)9-8-17-39-24)13-5-3-4-12-27(38)42-29(2)26(37)11-7-16-31/h16,21-25,28,32-36H,3-15,17-20H2,1-2H3/t21-,22?,23?,24?,25?,28-/m0/s1. The molecule has 1 saturated heterocycles. The summed E-state index contributed by atoms with van der Waals surface area (Å²) in [5.41, 5.74) is 0. The molecule has 0 spiro atoms. The fourth-order valence-corrected chi connectivity index (χ4v) is 4.43. The van der Waals surface area contributed by atoms with Crippen LogP contribution in [0.1, 0.15) is 71.1 Å². The van der Waals surface area contributed by atoms with Crippen molar-refractivity contribution < 1.29 is 59.0 Å². The Hall–Kier alpha value is -1.75. The number of aliphatic hydroxyl groups excluding tert-OH is 5. The number of aldehydes is 1. The Morgan fingerprint density at radius 1 is 1.05 bits per heavy atom. The minimum atomic E-state index is -1.37. The van der Waals surface area contributed by atoms with E-state index >= 15 is 0 Å². The maximum Gasteiger partial charge on any atom is 0.332 e. The van der Waals surface area contributed by atoms with Crippen molar-refractivity contribution in [3.8, 4) is 0 Å². The summed E-state index contributed by atoms with van der Waals surface area (Å²) in [7, 11) is 1.34. The maximum atomic E-state index is 12.0. The van der Waals surface area contributed by atoms with Gasteiger partial charge in [0, 0.05) is 39.5 Å². The predicted molar refractivity (Wildman–Crippen MR) is 150 cm³/mol. The minimum Gasteiger partial charge on any atom is -0.394 e. The third-order valence-electron chi connectivity index (χ3n) is 7.01. The van der Waals surface area contributed by atoms with Crippen LogP contribution >= 0.6 is 0 Å². The summed E-state index contributed by atoms with van der Waals surface area (Å²) in [4.78, 5) is 41.4. The zero-order chi connectivity index (χ0) is 31.3. The molecule has 1 aliphatic rings. The van der Waals surface area contributed by atoms with Crippen LogP contribution in [0.3, 0.4) is 0 Å². The molecule has 0 aliphatic carbocycles. The van der Waals surface area contributed by atoms with Gasteiger partial charge in [-0.2, -0.15) is 5.06 Å². The van der Waals surface area contributed by atoms with E-state index in [1.165, 1.54) is 14.0 Å². The number of rotatable bonds is 23. The molecule has 6 atom stereocenters. The van der Waals surface area contributed by atoms with Gasteiger partial charge in [-0.3, -0.25) is 4.79 Å². The van der Waals surface area contributed by atoms with E-state index in [1.807, 2.05) is 0 Å². The Labute approximate surface area is 248 Å². The summed E-state index contributed by atoms with van der Waals surface area (Å²) < 4.78 is 16.9. The molecule has 5 N–H and O–H groups in total. The van der Waals surface area contributed by atoms with Crippen molar-refractivity contribution in [2.45, 2.75) is 108 Å². The number of hydroxylamine groups is 2. The van der Waals surface area contributed by atoms with Gasteiger partial charge in [0.05, 0.1) is 38.1 Å². The van der Waals surface area contributed by atoms with Crippen LogP contribution < -0.4 is 0 Å². The second-order valence-electron chi connectivity index (χ2n) is 10.6. The number of amides is 1. The number of carbonyl (C=O) groups is 3. The average molecular weight is 609 g/mol. The average Bonchev–Trinajstić information content (AvgIpc) is 2.97. The number of carbonyl (C=O) groups excluding carboxylic acids is 3. The summed E-state index contributed by atoms with van der Waals surface area (Å²) in [5, 5.41) is 49.7. The van der Waals surface area contributed by atoms with E-state index in [0.717, 1.165) is 37.2 Å². The Morgan fingerprint density at radius 3 is 2.43 bits per heavy atom. The number of nitrogens with zero attached hydrogens (tertiary/aromatic N) is 2. The first-order valence-electron chi connectivity index (χ1n) is 14.9. The first-order chi connectivity index (χ1) is 20.1. The van der Waals surface area contributed by atoms with Crippen LogP contribution in [-0.4, -0.2) is 144 Å². The number of ether oxygens (including phenoxy) is 3. The molecule has 0 aromatic rings. The Morgan fingerprint density at radius 2 is 1.79 bits per heavy atom. The molecule has 0 aromatic heterocycles. The molecule has 1 fully saturated rings. The lowest BCUT2D eigenvalue weighted by molar-refractivity contribution is -0.241. The largest absolute Gasteiger partial charge is 0.394 e. The molecule has 4 unspecified atom stereocenters. The van der Waals surface area contributed by atoms with E-state index in [0.29, 0.717) is 45.4 Å². The molecule has 1 rings (SSSR count). The van der Waals surface area contributed by atoms with Crippen molar-refractivity contribution in [3.05, 3.63) is 0 Å². The Kier molecular flexibility index (Phi) is 20.7. The Balaban J connectivity index is 2.56. The zero-order valence-corrected chi connectivity index (χ0v) is 25.1. The molecule has 14 heteroatoms. The summed E-state index contributed by atoms with van der Waals surface area (Å²) in [5.74, 6) is -0.975. The highest BCUT2D eigenvalue weighted by molar-refractivity contribution is 5.79. The van der Waals surface area contributed by atoms with E-state index in [9.17, 15) is 39.9 Å². The van der Waals surface area contributed by atoms with Gasteiger partial charge in [-0.1, -0.05) is 6.42 Å². The lowest BCUT2D eigenvalue weighted by Gasteiger charge is -2.30. The van der Waals surface area contributed by atoms with E-state index in [4.69, 9.17) is 19.0 Å². The van der Waals surface area contributed by atoms with E-state index in [-0.39, 0.29) is 32.0 Å².